The van der Waals surface area contributed by atoms with Crippen molar-refractivity contribution < 1.29 is 0 Å². The average molecular weight is 327 g/mol. The molecule has 0 aromatic heterocycles. The molecule has 3 N–H and O–H groups in total. The molecule has 0 atom stereocenters. The maximum Gasteiger partial charge on any atom is 0.162 e. The first-order valence-electron chi connectivity index (χ1n) is 7.11. The van der Waals surface area contributed by atoms with Crippen LogP contribution in [0.3, 0.4) is 0 Å². The summed E-state index contributed by atoms with van der Waals surface area (Å²) >= 11 is 1.70. The second kappa shape index (κ2) is 10.5. The van der Waals surface area contributed by atoms with Crippen LogP contribution in [0, 0.1) is 0 Å². The van der Waals surface area contributed by atoms with Crippen LogP contribution >= 0.6 is 24.2 Å². The zero-order valence-corrected chi connectivity index (χ0v) is 13.7. The van der Waals surface area contributed by atoms with Crippen molar-refractivity contribution in [3.63, 3.8) is 0 Å². The molecule has 1 aromatic rings. The average Bonchev–Trinajstić information content (AvgIpc) is 2.52. The second-order valence-corrected chi connectivity index (χ2v) is 5.89. The van der Waals surface area contributed by atoms with Gasteiger partial charge in [-0.05, 0) is 18.4 Å². The molecule has 0 amide bonds. The lowest BCUT2D eigenvalue weighted by Gasteiger charge is -2.19. The van der Waals surface area contributed by atoms with Gasteiger partial charge in [-0.15, -0.1) is 12.4 Å². The molecule has 1 fully saturated rings. The molecule has 1 saturated carbocycles. The lowest BCUT2D eigenvalue weighted by molar-refractivity contribution is 0.443. The summed E-state index contributed by atoms with van der Waals surface area (Å²) in [4.78, 5) is 4.81. The van der Waals surface area contributed by atoms with E-state index in [9.17, 15) is 0 Å². The van der Waals surface area contributed by atoms with Gasteiger partial charge in [0.1, 0.15) is 6.34 Å². The molecule has 4 nitrogen and oxygen atoms in total. The van der Waals surface area contributed by atoms with Crippen LogP contribution in [0.5, 0.6) is 0 Å². The molecule has 0 aliphatic heterocycles. The fourth-order valence-electron chi connectivity index (χ4n) is 2.31. The van der Waals surface area contributed by atoms with Gasteiger partial charge >= 0.3 is 0 Å². The largest absolute Gasteiger partial charge is 0.324 e. The number of nitrogens with one attached hydrogen (secondary N) is 1. The summed E-state index contributed by atoms with van der Waals surface area (Å²) in [6, 6.07) is 10.8. The Kier molecular flexibility index (Phi) is 8.94. The normalized spacial score (nSPS) is 16.7. The summed E-state index contributed by atoms with van der Waals surface area (Å²) in [6.07, 6.45) is 7.80. The van der Waals surface area contributed by atoms with Gasteiger partial charge in [0.15, 0.2) is 5.17 Å². The maximum absolute atomic E-state index is 5.16. The van der Waals surface area contributed by atoms with Gasteiger partial charge in [0.25, 0.3) is 0 Å². The maximum atomic E-state index is 5.16. The first-order valence-corrected chi connectivity index (χ1v) is 8.10. The number of halogens is 1. The number of hydrazone groups is 1. The molecule has 0 bridgehead atoms. The Hall–Kier alpha value is -1.20. The van der Waals surface area contributed by atoms with Crippen molar-refractivity contribution in [2.75, 3.05) is 0 Å². The first kappa shape index (κ1) is 17.9. The Labute approximate surface area is 137 Å². The van der Waals surface area contributed by atoms with Crippen molar-refractivity contribution in [3.05, 3.63) is 35.9 Å². The van der Waals surface area contributed by atoms with Crippen LogP contribution in [0.25, 0.3) is 0 Å². The van der Waals surface area contributed by atoms with Crippen molar-refractivity contribution >= 4 is 35.7 Å². The molecule has 1 aliphatic rings. The number of thioether (sulfide) groups is 1. The number of hydrogen-bond donors (Lipinski definition) is 2. The lowest BCUT2D eigenvalue weighted by Crippen LogP contribution is -2.23. The molecule has 0 heterocycles. The number of nitrogens with zero attached hydrogens (tertiary/aromatic N) is 2. The zero-order chi connectivity index (χ0) is 14.0. The molecule has 0 radical (unpaired) electrons. The number of aliphatic imine (C=N–C) groups is 1. The Bertz CT molecular complexity index is 444. The Morgan fingerprint density at radius 2 is 1.95 bits per heavy atom. The molecule has 1 aliphatic carbocycles. The summed E-state index contributed by atoms with van der Waals surface area (Å²) in [6.45, 7) is 0. The van der Waals surface area contributed by atoms with Crippen LogP contribution in [-0.4, -0.2) is 17.5 Å². The Morgan fingerprint density at radius 3 is 2.62 bits per heavy atom. The molecule has 2 rings (SSSR count). The van der Waals surface area contributed by atoms with Gasteiger partial charge in [0, 0.05) is 5.75 Å². The van der Waals surface area contributed by atoms with E-state index in [0.29, 0.717) is 6.04 Å². The summed E-state index contributed by atoms with van der Waals surface area (Å²) in [5.74, 6) is 6.06. The lowest BCUT2D eigenvalue weighted by atomic mass is 9.96. The zero-order valence-electron chi connectivity index (χ0n) is 12.1. The molecule has 116 valence electrons. The van der Waals surface area contributed by atoms with Gasteiger partial charge in [-0.3, -0.25) is 4.99 Å². The summed E-state index contributed by atoms with van der Waals surface area (Å²) in [5.41, 5.74) is 1.29. The highest BCUT2D eigenvalue weighted by Gasteiger charge is 2.13. The predicted octanol–water partition coefficient (Wildman–Crippen LogP) is 3.52. The third kappa shape index (κ3) is 6.87. The Morgan fingerprint density at radius 1 is 1.24 bits per heavy atom. The van der Waals surface area contributed by atoms with E-state index in [4.69, 9.17) is 10.8 Å². The summed E-state index contributed by atoms with van der Waals surface area (Å²) in [5, 5.41) is 7.49. The summed E-state index contributed by atoms with van der Waals surface area (Å²) in [7, 11) is 0. The predicted molar refractivity (Wildman–Crippen MR) is 95.1 cm³/mol. The van der Waals surface area contributed by atoms with E-state index in [1.54, 1.807) is 11.8 Å². The van der Waals surface area contributed by atoms with Gasteiger partial charge in [-0.25, -0.2) is 0 Å². The van der Waals surface area contributed by atoms with Crippen LogP contribution in [0.15, 0.2) is 40.4 Å². The van der Waals surface area contributed by atoms with Crippen LogP contribution in [-0.2, 0) is 5.75 Å². The van der Waals surface area contributed by atoms with Crippen molar-refractivity contribution in [2.24, 2.45) is 15.9 Å². The number of hydrogen-bond acceptors (Lipinski definition) is 4. The van der Waals surface area contributed by atoms with Crippen LogP contribution < -0.4 is 11.2 Å². The topological polar surface area (TPSA) is 62.8 Å². The third-order valence-electron chi connectivity index (χ3n) is 3.36. The first-order chi connectivity index (χ1) is 9.88. The quantitative estimate of drug-likeness (QED) is 0.385. The van der Waals surface area contributed by atoms with Gasteiger partial charge in [-0.1, -0.05) is 61.4 Å². The van der Waals surface area contributed by atoms with E-state index >= 15 is 0 Å². The molecule has 21 heavy (non-hydrogen) atoms. The van der Waals surface area contributed by atoms with Crippen molar-refractivity contribution in [1.82, 2.24) is 5.32 Å². The third-order valence-corrected chi connectivity index (χ3v) is 4.33. The van der Waals surface area contributed by atoms with Crippen LogP contribution in [0.4, 0.5) is 0 Å². The minimum absolute atomic E-state index is 0. The van der Waals surface area contributed by atoms with Crippen LogP contribution in [0.2, 0.25) is 0 Å². The highest BCUT2D eigenvalue weighted by molar-refractivity contribution is 8.13. The van der Waals surface area contributed by atoms with E-state index in [-0.39, 0.29) is 12.4 Å². The SMILES string of the molecule is Cl.N/N=C\N/C(=N/C1CCCCC1)SCc1ccccc1. The van der Waals surface area contributed by atoms with Crippen molar-refractivity contribution in [3.8, 4) is 0 Å². The fraction of sp³-hybridized carbons (Fsp3) is 0.467. The minimum atomic E-state index is 0. The van der Waals surface area contributed by atoms with Gasteiger partial charge in [-0.2, -0.15) is 5.10 Å². The van der Waals surface area contributed by atoms with E-state index in [1.165, 1.54) is 44.0 Å². The number of nitrogens with two attached hydrogens (primary N) is 1. The smallest absolute Gasteiger partial charge is 0.162 e. The van der Waals surface area contributed by atoms with Gasteiger partial charge in [0.2, 0.25) is 0 Å². The number of rotatable bonds is 4. The van der Waals surface area contributed by atoms with Crippen molar-refractivity contribution in [2.45, 2.75) is 43.9 Å². The molecule has 0 unspecified atom stereocenters. The highest BCUT2D eigenvalue weighted by Crippen LogP contribution is 2.22. The summed E-state index contributed by atoms with van der Waals surface area (Å²) < 4.78 is 0. The standard InChI is InChI=1S/C15H22N4S.ClH/c16-18-12-17-15(19-14-9-5-2-6-10-14)20-11-13-7-3-1-4-8-13;/h1,3-4,7-8,12,14H,2,5-6,9-11,16H2,(H,17,18,19);1H. The van der Waals surface area contributed by atoms with E-state index in [1.807, 2.05) is 6.07 Å². The molecule has 0 spiro atoms. The second-order valence-electron chi connectivity index (χ2n) is 4.92. The molecule has 6 heteroatoms. The molecular weight excluding hydrogens is 304 g/mol. The highest BCUT2D eigenvalue weighted by atomic mass is 35.5. The molecule has 0 saturated heterocycles. The van der Waals surface area contributed by atoms with Gasteiger partial charge < -0.3 is 11.2 Å². The van der Waals surface area contributed by atoms with E-state index < -0.39 is 0 Å². The van der Waals surface area contributed by atoms with E-state index in [2.05, 4.69) is 34.7 Å². The minimum Gasteiger partial charge on any atom is -0.324 e. The monoisotopic (exact) mass is 326 g/mol. The number of amidine groups is 1. The molecule has 1 aromatic carbocycles. The van der Waals surface area contributed by atoms with E-state index in [0.717, 1.165) is 10.9 Å². The fourth-order valence-corrected chi connectivity index (χ4v) is 3.17. The number of benzene rings is 1. The van der Waals surface area contributed by atoms with Crippen molar-refractivity contribution in [1.29, 1.82) is 0 Å². The van der Waals surface area contributed by atoms with Gasteiger partial charge in [0.05, 0.1) is 6.04 Å². The molecular formula is C15H23ClN4S. The van der Waals surface area contributed by atoms with Crippen LogP contribution in [0.1, 0.15) is 37.7 Å². The Balaban J connectivity index is 0.00000220.